The van der Waals surface area contributed by atoms with Crippen LogP contribution in [0, 0.1) is 0 Å². The van der Waals surface area contributed by atoms with Gasteiger partial charge >= 0.3 is 0 Å². The molecule has 1 aromatic carbocycles. The molecule has 0 radical (unpaired) electrons. The van der Waals surface area contributed by atoms with Gasteiger partial charge in [-0.2, -0.15) is 0 Å². The number of carbonyl (C=O) groups excluding carboxylic acids is 1. The number of rotatable bonds is 3. The van der Waals surface area contributed by atoms with E-state index in [1.54, 1.807) is 18.2 Å². The molecule has 0 fully saturated rings. The Morgan fingerprint density at radius 2 is 2.35 bits per heavy atom. The van der Waals surface area contributed by atoms with Gasteiger partial charge < -0.3 is 10.4 Å². The van der Waals surface area contributed by atoms with E-state index in [1.807, 2.05) is 6.92 Å². The van der Waals surface area contributed by atoms with E-state index in [0.717, 1.165) is 11.5 Å². The molecule has 5 nitrogen and oxygen atoms in total. The van der Waals surface area contributed by atoms with Crippen molar-refractivity contribution in [2.24, 2.45) is 0 Å². The summed E-state index contributed by atoms with van der Waals surface area (Å²) in [5.41, 5.74) is 1.23. The number of aryl methyl sites for hydroxylation is 1. The van der Waals surface area contributed by atoms with Crippen LogP contribution in [0.3, 0.4) is 0 Å². The van der Waals surface area contributed by atoms with Crippen LogP contribution in [0.1, 0.15) is 22.3 Å². The van der Waals surface area contributed by atoms with Crippen molar-refractivity contribution in [3.8, 4) is 5.75 Å². The number of aromatic nitrogens is 2. The lowest BCUT2D eigenvalue weighted by Crippen LogP contribution is -2.12. The zero-order valence-electron chi connectivity index (χ0n) is 9.17. The summed E-state index contributed by atoms with van der Waals surface area (Å²) in [7, 11) is 0. The highest BCUT2D eigenvalue weighted by molar-refractivity contribution is 7.08. The van der Waals surface area contributed by atoms with Crippen LogP contribution in [-0.2, 0) is 6.42 Å². The quantitative estimate of drug-likeness (QED) is 0.873. The molecule has 0 saturated heterocycles. The van der Waals surface area contributed by atoms with Crippen molar-refractivity contribution >= 4 is 23.1 Å². The topological polar surface area (TPSA) is 75.1 Å². The number of aromatic hydroxyl groups is 1. The highest BCUT2D eigenvalue weighted by atomic mass is 32.1. The molecule has 1 amide bonds. The second-order valence-electron chi connectivity index (χ2n) is 3.41. The van der Waals surface area contributed by atoms with Crippen LogP contribution in [0.5, 0.6) is 5.75 Å². The van der Waals surface area contributed by atoms with Crippen LogP contribution in [-0.4, -0.2) is 20.6 Å². The van der Waals surface area contributed by atoms with Crippen molar-refractivity contribution in [1.82, 2.24) is 9.59 Å². The number of nitrogens with zero attached hydrogens (tertiary/aromatic N) is 2. The first-order chi connectivity index (χ1) is 8.20. The van der Waals surface area contributed by atoms with Gasteiger partial charge in [-0.3, -0.25) is 4.79 Å². The molecule has 0 atom stereocenters. The molecule has 0 aliphatic rings. The monoisotopic (exact) mass is 249 g/mol. The third-order valence-corrected chi connectivity index (χ3v) is 2.97. The summed E-state index contributed by atoms with van der Waals surface area (Å²) >= 11 is 1.07. The lowest BCUT2D eigenvalue weighted by Gasteiger charge is -2.04. The third kappa shape index (κ3) is 2.59. The number of hydrogen-bond acceptors (Lipinski definition) is 5. The zero-order valence-corrected chi connectivity index (χ0v) is 9.99. The summed E-state index contributed by atoms with van der Waals surface area (Å²) in [5, 5.41) is 15.8. The van der Waals surface area contributed by atoms with Gasteiger partial charge in [0.05, 0.1) is 5.69 Å². The summed E-state index contributed by atoms with van der Waals surface area (Å²) < 4.78 is 3.75. The van der Waals surface area contributed by atoms with Crippen molar-refractivity contribution in [2.45, 2.75) is 13.3 Å². The second kappa shape index (κ2) is 4.92. The fourth-order valence-corrected chi connectivity index (χ4v) is 2.03. The molecule has 17 heavy (non-hydrogen) atoms. The molecule has 0 saturated carbocycles. The molecule has 6 heteroatoms. The number of anilines is 1. The molecule has 1 aromatic heterocycles. The molecule has 0 bridgehead atoms. The normalized spacial score (nSPS) is 10.2. The maximum absolute atomic E-state index is 11.9. The Labute approximate surface area is 102 Å². The maximum atomic E-state index is 11.9. The minimum Gasteiger partial charge on any atom is -0.508 e. The Morgan fingerprint density at radius 3 is 3.06 bits per heavy atom. The van der Waals surface area contributed by atoms with E-state index < -0.39 is 0 Å². The van der Waals surface area contributed by atoms with Crippen molar-refractivity contribution in [2.75, 3.05) is 5.32 Å². The van der Waals surface area contributed by atoms with Crippen molar-refractivity contribution in [1.29, 1.82) is 0 Å². The number of carbonyl (C=O) groups is 1. The largest absolute Gasteiger partial charge is 0.508 e. The number of hydrogen-bond donors (Lipinski definition) is 2. The van der Waals surface area contributed by atoms with E-state index in [9.17, 15) is 9.90 Å². The summed E-state index contributed by atoms with van der Waals surface area (Å²) in [4.78, 5) is 12.4. The van der Waals surface area contributed by atoms with E-state index >= 15 is 0 Å². The first-order valence-electron chi connectivity index (χ1n) is 5.12. The molecule has 0 spiro atoms. The SMILES string of the molecule is CCc1nnsc1C(=O)Nc1cccc(O)c1. The van der Waals surface area contributed by atoms with Gasteiger partial charge in [-0.05, 0) is 30.1 Å². The van der Waals surface area contributed by atoms with E-state index in [0.29, 0.717) is 22.7 Å². The predicted molar refractivity (Wildman–Crippen MR) is 65.3 cm³/mol. The van der Waals surface area contributed by atoms with Gasteiger partial charge in [0.15, 0.2) is 0 Å². The molecule has 0 aliphatic carbocycles. The van der Waals surface area contributed by atoms with Gasteiger partial charge in [0.1, 0.15) is 10.6 Å². The first kappa shape index (κ1) is 11.5. The van der Waals surface area contributed by atoms with Crippen LogP contribution in [0.25, 0.3) is 0 Å². The fourth-order valence-electron chi connectivity index (χ4n) is 1.38. The summed E-state index contributed by atoms with van der Waals surface area (Å²) in [6, 6.07) is 6.40. The van der Waals surface area contributed by atoms with E-state index in [4.69, 9.17) is 0 Å². The Bertz CT molecular complexity index is 539. The maximum Gasteiger partial charge on any atom is 0.269 e. The van der Waals surface area contributed by atoms with E-state index in [-0.39, 0.29) is 11.7 Å². The lowest BCUT2D eigenvalue weighted by molar-refractivity contribution is 0.102. The molecule has 0 unspecified atom stereocenters. The minimum atomic E-state index is -0.248. The molecular weight excluding hydrogens is 238 g/mol. The highest BCUT2D eigenvalue weighted by Gasteiger charge is 2.14. The van der Waals surface area contributed by atoms with Crippen LogP contribution >= 0.6 is 11.5 Å². The van der Waals surface area contributed by atoms with Gasteiger partial charge in [0.25, 0.3) is 5.91 Å². The Kier molecular flexibility index (Phi) is 3.34. The van der Waals surface area contributed by atoms with Crippen molar-refractivity contribution < 1.29 is 9.90 Å². The molecule has 0 aliphatic heterocycles. The van der Waals surface area contributed by atoms with E-state index in [2.05, 4.69) is 14.9 Å². The third-order valence-electron chi connectivity index (χ3n) is 2.20. The van der Waals surface area contributed by atoms with Crippen LogP contribution in [0.4, 0.5) is 5.69 Å². The second-order valence-corrected chi connectivity index (χ2v) is 4.16. The van der Waals surface area contributed by atoms with Crippen LogP contribution in [0.15, 0.2) is 24.3 Å². The molecule has 2 rings (SSSR count). The van der Waals surface area contributed by atoms with Crippen LogP contribution in [0.2, 0.25) is 0 Å². The fraction of sp³-hybridized carbons (Fsp3) is 0.182. The zero-order chi connectivity index (χ0) is 12.3. The molecule has 88 valence electrons. The first-order valence-corrected chi connectivity index (χ1v) is 5.89. The van der Waals surface area contributed by atoms with E-state index in [1.165, 1.54) is 6.07 Å². The minimum absolute atomic E-state index is 0.112. The number of phenolic OH excluding ortho intramolecular Hbond substituents is 1. The average molecular weight is 249 g/mol. The number of phenols is 1. The Morgan fingerprint density at radius 1 is 1.53 bits per heavy atom. The summed E-state index contributed by atoms with van der Waals surface area (Å²) in [5.74, 6) is -0.136. The summed E-state index contributed by atoms with van der Waals surface area (Å²) in [6.07, 6.45) is 0.666. The molecule has 2 aromatic rings. The van der Waals surface area contributed by atoms with Crippen molar-refractivity contribution in [3.63, 3.8) is 0 Å². The number of benzene rings is 1. The average Bonchev–Trinajstić information content (AvgIpc) is 2.77. The van der Waals surface area contributed by atoms with Crippen molar-refractivity contribution in [3.05, 3.63) is 34.8 Å². The standard InChI is InChI=1S/C11H11N3O2S/c1-2-9-10(17-14-13-9)11(16)12-7-4-3-5-8(15)6-7/h3-6,15H,2H2,1H3,(H,12,16). The van der Waals surface area contributed by atoms with Crippen LogP contribution < -0.4 is 5.32 Å². The van der Waals surface area contributed by atoms with Gasteiger partial charge in [-0.1, -0.05) is 17.5 Å². The van der Waals surface area contributed by atoms with Gasteiger partial charge in [-0.25, -0.2) is 0 Å². The molecule has 1 heterocycles. The Hall–Kier alpha value is -1.95. The molecule has 2 N–H and O–H groups in total. The lowest BCUT2D eigenvalue weighted by atomic mass is 10.2. The summed E-state index contributed by atoms with van der Waals surface area (Å²) in [6.45, 7) is 1.92. The number of nitrogens with one attached hydrogen (secondary N) is 1. The van der Waals surface area contributed by atoms with Gasteiger partial charge in [0.2, 0.25) is 0 Å². The van der Waals surface area contributed by atoms with Gasteiger partial charge in [0, 0.05) is 11.8 Å². The smallest absolute Gasteiger partial charge is 0.269 e. The molecular formula is C11H11N3O2S. The predicted octanol–water partition coefficient (Wildman–Crippen LogP) is 2.06. The van der Waals surface area contributed by atoms with Gasteiger partial charge in [-0.15, -0.1) is 5.10 Å². The highest BCUT2D eigenvalue weighted by Crippen LogP contribution is 2.18. The Balaban J connectivity index is 2.17. The number of amides is 1.